The van der Waals surface area contributed by atoms with Gasteiger partial charge < -0.3 is 8.85 Å². The Morgan fingerprint density at radius 1 is 1.07 bits per heavy atom. The number of hydrogen-bond acceptors (Lipinski definition) is 2. The predicted octanol–water partition coefficient (Wildman–Crippen LogP) is 2.34. The Kier molecular flexibility index (Phi) is 5.53. The predicted molar refractivity (Wildman–Crippen MR) is 68.9 cm³/mol. The van der Waals surface area contributed by atoms with Gasteiger partial charge >= 0.3 is 8.56 Å². The molecule has 0 saturated heterocycles. The normalized spacial score (nSPS) is 11.7. The summed E-state index contributed by atoms with van der Waals surface area (Å²) in [6, 6.07) is 10.2. The third kappa shape index (κ3) is 3.14. The van der Waals surface area contributed by atoms with Crippen LogP contribution in [0.3, 0.4) is 0 Å². The molecule has 2 nitrogen and oxygen atoms in total. The lowest BCUT2D eigenvalue weighted by atomic mass is 10.4. The molecule has 0 bridgehead atoms. The average molecular weight is 289 g/mol. The summed E-state index contributed by atoms with van der Waals surface area (Å²) in [6.45, 7) is 5.39. The van der Waals surface area contributed by atoms with Crippen molar-refractivity contribution in [1.82, 2.24) is 0 Å². The summed E-state index contributed by atoms with van der Waals surface area (Å²) in [5.41, 5.74) is 0. The highest BCUT2D eigenvalue weighted by molar-refractivity contribution is 9.09. The average Bonchev–Trinajstić information content (AvgIpc) is 2.30. The maximum absolute atomic E-state index is 5.88. The van der Waals surface area contributed by atoms with Gasteiger partial charge in [0.1, 0.15) is 0 Å². The van der Waals surface area contributed by atoms with Gasteiger partial charge in [0, 0.05) is 13.2 Å². The SMILES string of the molecule is CCO[Si](CBr)(OCC)c1ccccc1. The minimum atomic E-state index is -2.23. The van der Waals surface area contributed by atoms with Crippen LogP contribution in [0.15, 0.2) is 30.3 Å². The van der Waals surface area contributed by atoms with E-state index in [0.717, 1.165) is 4.95 Å². The van der Waals surface area contributed by atoms with Crippen molar-refractivity contribution in [3.8, 4) is 0 Å². The van der Waals surface area contributed by atoms with Crippen LogP contribution in [0.5, 0.6) is 0 Å². The summed E-state index contributed by atoms with van der Waals surface area (Å²) in [5.74, 6) is 0. The van der Waals surface area contributed by atoms with Crippen molar-refractivity contribution in [1.29, 1.82) is 0 Å². The van der Waals surface area contributed by atoms with Crippen molar-refractivity contribution in [3.05, 3.63) is 30.3 Å². The molecule has 0 aliphatic rings. The largest absolute Gasteiger partial charge is 0.391 e. The zero-order valence-electron chi connectivity index (χ0n) is 9.20. The van der Waals surface area contributed by atoms with Crippen LogP contribution in [0.4, 0.5) is 0 Å². The van der Waals surface area contributed by atoms with Gasteiger partial charge in [-0.05, 0) is 19.0 Å². The van der Waals surface area contributed by atoms with E-state index in [1.54, 1.807) is 0 Å². The minimum absolute atomic E-state index is 0.687. The molecule has 0 saturated carbocycles. The van der Waals surface area contributed by atoms with Crippen LogP contribution in [-0.4, -0.2) is 26.7 Å². The number of halogens is 1. The highest BCUT2D eigenvalue weighted by Crippen LogP contribution is 2.11. The second kappa shape index (κ2) is 6.43. The molecule has 0 amide bonds. The fourth-order valence-electron chi connectivity index (χ4n) is 1.52. The summed E-state index contributed by atoms with van der Waals surface area (Å²) in [7, 11) is -2.23. The molecule has 1 rings (SSSR count). The van der Waals surface area contributed by atoms with E-state index in [0.29, 0.717) is 13.2 Å². The van der Waals surface area contributed by atoms with Crippen molar-refractivity contribution < 1.29 is 8.85 Å². The quantitative estimate of drug-likeness (QED) is 0.591. The van der Waals surface area contributed by atoms with Crippen LogP contribution in [0, 0.1) is 0 Å². The van der Waals surface area contributed by atoms with Crippen molar-refractivity contribution in [2.75, 3.05) is 18.2 Å². The standard InChI is InChI=1S/C11H17BrO2Si/c1-3-13-15(10-12,14-4-2)11-8-6-5-7-9-11/h5-9H,3-4,10H2,1-2H3. The van der Waals surface area contributed by atoms with Crippen molar-refractivity contribution in [2.24, 2.45) is 0 Å². The van der Waals surface area contributed by atoms with Crippen LogP contribution < -0.4 is 5.19 Å². The molecule has 0 heterocycles. The summed E-state index contributed by atoms with van der Waals surface area (Å²) >= 11 is 3.52. The molecule has 0 fully saturated rings. The number of hydrogen-bond donors (Lipinski definition) is 0. The fourth-order valence-corrected chi connectivity index (χ4v) is 5.82. The Morgan fingerprint density at radius 3 is 2.00 bits per heavy atom. The molecular weight excluding hydrogens is 272 g/mol. The highest BCUT2D eigenvalue weighted by Gasteiger charge is 2.38. The van der Waals surface area contributed by atoms with Crippen LogP contribution >= 0.6 is 15.9 Å². The molecule has 0 aromatic heterocycles. The summed E-state index contributed by atoms with van der Waals surface area (Å²) in [5, 5.41) is 1.19. The lowest BCUT2D eigenvalue weighted by molar-refractivity contribution is 0.201. The van der Waals surface area contributed by atoms with Crippen LogP contribution in [0.25, 0.3) is 0 Å². The van der Waals surface area contributed by atoms with Gasteiger partial charge in [-0.15, -0.1) is 0 Å². The van der Waals surface area contributed by atoms with Gasteiger partial charge in [-0.2, -0.15) is 0 Å². The molecule has 0 spiro atoms. The number of benzene rings is 1. The lowest BCUT2D eigenvalue weighted by Gasteiger charge is -2.28. The molecule has 0 aliphatic carbocycles. The molecule has 1 aromatic carbocycles. The zero-order chi connectivity index (χ0) is 11.1. The van der Waals surface area contributed by atoms with E-state index in [-0.39, 0.29) is 0 Å². The van der Waals surface area contributed by atoms with Gasteiger partial charge in [0.2, 0.25) is 0 Å². The molecular formula is C11H17BrO2Si. The Bertz CT molecular complexity index is 273. The molecule has 0 atom stereocenters. The first-order valence-electron chi connectivity index (χ1n) is 5.18. The first-order chi connectivity index (χ1) is 7.29. The molecule has 1 aromatic rings. The van der Waals surface area contributed by atoms with Crippen LogP contribution in [-0.2, 0) is 8.85 Å². The first-order valence-corrected chi connectivity index (χ1v) is 8.33. The minimum Gasteiger partial charge on any atom is -0.391 e. The van der Waals surface area contributed by atoms with E-state index in [1.807, 2.05) is 32.0 Å². The molecule has 4 heteroatoms. The third-order valence-electron chi connectivity index (χ3n) is 2.14. The van der Waals surface area contributed by atoms with Crippen LogP contribution in [0.2, 0.25) is 0 Å². The summed E-state index contributed by atoms with van der Waals surface area (Å²) < 4.78 is 11.8. The van der Waals surface area contributed by atoms with E-state index in [2.05, 4.69) is 28.1 Å². The molecule has 0 aliphatic heterocycles. The Morgan fingerprint density at radius 2 is 1.60 bits per heavy atom. The maximum atomic E-state index is 5.88. The first kappa shape index (κ1) is 12.9. The van der Waals surface area contributed by atoms with E-state index >= 15 is 0 Å². The van der Waals surface area contributed by atoms with Gasteiger partial charge in [-0.25, -0.2) is 0 Å². The number of rotatable bonds is 6. The Balaban J connectivity index is 2.97. The fraction of sp³-hybridized carbons (Fsp3) is 0.455. The maximum Gasteiger partial charge on any atom is 0.383 e. The van der Waals surface area contributed by atoms with Gasteiger partial charge in [-0.3, -0.25) is 0 Å². The van der Waals surface area contributed by atoms with E-state index < -0.39 is 8.56 Å². The van der Waals surface area contributed by atoms with Gasteiger partial charge in [-0.1, -0.05) is 46.3 Å². The van der Waals surface area contributed by atoms with Crippen molar-refractivity contribution >= 4 is 29.7 Å². The topological polar surface area (TPSA) is 18.5 Å². The van der Waals surface area contributed by atoms with E-state index in [9.17, 15) is 0 Å². The second-order valence-corrected chi connectivity index (χ2v) is 7.73. The van der Waals surface area contributed by atoms with Gasteiger partial charge in [0.05, 0.1) is 4.95 Å². The second-order valence-electron chi connectivity index (χ2n) is 3.12. The van der Waals surface area contributed by atoms with Gasteiger partial charge in [0.15, 0.2) is 0 Å². The van der Waals surface area contributed by atoms with E-state index in [4.69, 9.17) is 8.85 Å². The molecule has 0 unspecified atom stereocenters. The van der Waals surface area contributed by atoms with Crippen molar-refractivity contribution in [2.45, 2.75) is 13.8 Å². The lowest BCUT2D eigenvalue weighted by Crippen LogP contribution is -2.56. The monoisotopic (exact) mass is 288 g/mol. The third-order valence-corrected chi connectivity index (χ3v) is 7.43. The highest BCUT2D eigenvalue weighted by atomic mass is 79.9. The zero-order valence-corrected chi connectivity index (χ0v) is 11.8. The smallest absolute Gasteiger partial charge is 0.383 e. The molecule has 0 radical (unpaired) electrons. The Labute approximate surface area is 101 Å². The molecule has 15 heavy (non-hydrogen) atoms. The molecule has 0 N–H and O–H groups in total. The van der Waals surface area contributed by atoms with Crippen molar-refractivity contribution in [3.63, 3.8) is 0 Å². The number of alkyl halides is 1. The van der Waals surface area contributed by atoms with E-state index in [1.165, 1.54) is 5.19 Å². The summed E-state index contributed by atoms with van der Waals surface area (Å²) in [4.78, 5) is 0.770. The van der Waals surface area contributed by atoms with Gasteiger partial charge in [0.25, 0.3) is 0 Å². The summed E-state index contributed by atoms with van der Waals surface area (Å²) in [6.07, 6.45) is 0. The molecule has 84 valence electrons. The Hall–Kier alpha value is -0.163. The van der Waals surface area contributed by atoms with Crippen LogP contribution in [0.1, 0.15) is 13.8 Å².